The van der Waals surface area contributed by atoms with Crippen LogP contribution < -0.4 is 5.32 Å². The molecule has 0 saturated carbocycles. The number of nitrogens with one attached hydrogen (secondary N) is 1. The highest BCUT2D eigenvalue weighted by Gasteiger charge is 2.21. The Labute approximate surface area is 174 Å². The van der Waals surface area contributed by atoms with Gasteiger partial charge in [-0.05, 0) is 52.6 Å². The van der Waals surface area contributed by atoms with Crippen molar-refractivity contribution in [3.8, 4) is 0 Å². The molecule has 8 heteroatoms. The average molecular weight is 402 g/mol. The summed E-state index contributed by atoms with van der Waals surface area (Å²) in [5, 5.41) is 7.67. The quantitative estimate of drug-likeness (QED) is 0.567. The molecule has 8 nitrogen and oxygen atoms in total. The van der Waals surface area contributed by atoms with E-state index >= 15 is 0 Å². The van der Waals surface area contributed by atoms with Crippen molar-refractivity contribution in [2.45, 2.75) is 46.7 Å². The third kappa shape index (κ3) is 6.06. The minimum atomic E-state index is 0.625. The van der Waals surface area contributed by atoms with Crippen LogP contribution in [0, 0.1) is 19.8 Å². The summed E-state index contributed by atoms with van der Waals surface area (Å²) in [5.74, 6) is 3.35. The van der Waals surface area contributed by atoms with E-state index in [2.05, 4.69) is 39.2 Å². The van der Waals surface area contributed by atoms with E-state index in [-0.39, 0.29) is 0 Å². The van der Waals surface area contributed by atoms with Crippen LogP contribution in [0.2, 0.25) is 0 Å². The highest BCUT2D eigenvalue weighted by Crippen LogP contribution is 2.20. The molecule has 0 amide bonds. The van der Waals surface area contributed by atoms with E-state index in [0.717, 1.165) is 75.4 Å². The third-order valence-electron chi connectivity index (χ3n) is 5.51. The summed E-state index contributed by atoms with van der Waals surface area (Å²) in [7, 11) is 4.02. The summed E-state index contributed by atoms with van der Waals surface area (Å²) in [6.45, 7) is 11.6. The van der Waals surface area contributed by atoms with Gasteiger partial charge in [-0.3, -0.25) is 14.6 Å². The van der Waals surface area contributed by atoms with Crippen molar-refractivity contribution in [3.63, 3.8) is 0 Å². The van der Waals surface area contributed by atoms with E-state index in [1.165, 1.54) is 5.56 Å². The van der Waals surface area contributed by atoms with E-state index in [1.807, 2.05) is 38.0 Å². The molecule has 0 spiro atoms. The largest absolute Gasteiger partial charge is 0.444 e. The van der Waals surface area contributed by atoms with Gasteiger partial charge in [0.05, 0.1) is 18.4 Å². The molecule has 1 aliphatic rings. The van der Waals surface area contributed by atoms with E-state index < -0.39 is 0 Å². The van der Waals surface area contributed by atoms with Crippen LogP contribution in [0.1, 0.15) is 42.7 Å². The van der Waals surface area contributed by atoms with Crippen molar-refractivity contribution in [1.82, 2.24) is 29.9 Å². The van der Waals surface area contributed by atoms with Crippen LogP contribution in [0.5, 0.6) is 0 Å². The molecule has 0 bridgehead atoms. The average Bonchev–Trinajstić information content (AvgIpc) is 3.24. The normalized spacial score (nSPS) is 16.4. The van der Waals surface area contributed by atoms with Gasteiger partial charge in [0.25, 0.3) is 0 Å². The van der Waals surface area contributed by atoms with Gasteiger partial charge in [-0.1, -0.05) is 0 Å². The maximum Gasteiger partial charge on any atom is 0.208 e. The van der Waals surface area contributed by atoms with Crippen LogP contribution in [0.25, 0.3) is 0 Å². The highest BCUT2D eigenvalue weighted by atomic mass is 16.4. The van der Waals surface area contributed by atoms with Gasteiger partial charge in [-0.15, -0.1) is 0 Å². The molecule has 2 aromatic heterocycles. The number of likely N-dealkylation sites (tertiary alicyclic amines) is 1. The molecule has 1 fully saturated rings. The lowest BCUT2D eigenvalue weighted by molar-refractivity contribution is 0.166. The number of hydrogen-bond donors (Lipinski definition) is 1. The molecule has 1 saturated heterocycles. The molecule has 160 valence electrons. The van der Waals surface area contributed by atoms with Gasteiger partial charge in [0.15, 0.2) is 5.96 Å². The molecular formula is C21H35N7O. The second kappa shape index (κ2) is 9.91. The van der Waals surface area contributed by atoms with Crippen molar-refractivity contribution >= 4 is 5.96 Å². The Morgan fingerprint density at radius 2 is 2.10 bits per heavy atom. The van der Waals surface area contributed by atoms with E-state index in [0.29, 0.717) is 5.92 Å². The molecule has 0 unspecified atom stereocenters. The number of guanidine groups is 1. The Balaban J connectivity index is 1.48. The van der Waals surface area contributed by atoms with Gasteiger partial charge < -0.3 is 14.6 Å². The summed E-state index contributed by atoms with van der Waals surface area (Å²) < 4.78 is 7.57. The zero-order valence-electron chi connectivity index (χ0n) is 18.5. The Morgan fingerprint density at radius 1 is 1.34 bits per heavy atom. The standard InChI is InChI=1S/C21H35N7O/c1-6-22-21(26(4)13-19-12-24-27(5)14-19)23-11-18-7-9-28(10-8-18)15-20-25-16(2)17(3)29-20/h12,14,18H,6-11,13,15H2,1-5H3,(H,22,23). The molecule has 2 aromatic rings. The number of oxazole rings is 1. The Morgan fingerprint density at radius 3 is 2.69 bits per heavy atom. The first kappa shape index (κ1) is 21.4. The number of aliphatic imine (C=N–C) groups is 1. The highest BCUT2D eigenvalue weighted by molar-refractivity contribution is 5.79. The van der Waals surface area contributed by atoms with Crippen LogP contribution in [-0.4, -0.2) is 63.8 Å². The summed E-state index contributed by atoms with van der Waals surface area (Å²) in [6.07, 6.45) is 6.28. The van der Waals surface area contributed by atoms with Crippen LogP contribution in [0.15, 0.2) is 21.8 Å². The smallest absolute Gasteiger partial charge is 0.208 e. The number of piperidine rings is 1. The van der Waals surface area contributed by atoms with E-state index in [4.69, 9.17) is 9.41 Å². The van der Waals surface area contributed by atoms with Crippen LogP contribution in [-0.2, 0) is 20.1 Å². The molecule has 0 radical (unpaired) electrons. The van der Waals surface area contributed by atoms with Gasteiger partial charge in [-0.25, -0.2) is 4.98 Å². The second-order valence-electron chi connectivity index (χ2n) is 8.04. The summed E-state index contributed by atoms with van der Waals surface area (Å²) in [5.41, 5.74) is 2.18. The predicted octanol–water partition coefficient (Wildman–Crippen LogP) is 2.33. The molecule has 3 heterocycles. The Kier molecular flexibility index (Phi) is 7.30. The summed E-state index contributed by atoms with van der Waals surface area (Å²) in [6, 6.07) is 0. The maximum atomic E-state index is 5.73. The van der Waals surface area contributed by atoms with Crippen molar-refractivity contribution in [1.29, 1.82) is 0 Å². The van der Waals surface area contributed by atoms with Crippen LogP contribution in [0.3, 0.4) is 0 Å². The molecule has 1 N–H and O–H groups in total. The zero-order valence-corrected chi connectivity index (χ0v) is 18.5. The minimum Gasteiger partial charge on any atom is -0.444 e. The molecule has 0 aromatic carbocycles. The summed E-state index contributed by atoms with van der Waals surface area (Å²) in [4.78, 5) is 14.0. The monoisotopic (exact) mass is 401 g/mol. The lowest BCUT2D eigenvalue weighted by Crippen LogP contribution is -2.39. The Hall–Kier alpha value is -2.35. The lowest BCUT2D eigenvalue weighted by atomic mass is 9.97. The van der Waals surface area contributed by atoms with Gasteiger partial charge in [0.2, 0.25) is 5.89 Å². The number of rotatable bonds is 7. The number of nitrogens with zero attached hydrogens (tertiary/aromatic N) is 6. The minimum absolute atomic E-state index is 0.625. The third-order valence-corrected chi connectivity index (χ3v) is 5.51. The number of aromatic nitrogens is 3. The first-order chi connectivity index (χ1) is 13.9. The van der Waals surface area contributed by atoms with Crippen molar-refractivity contribution < 1.29 is 4.42 Å². The fourth-order valence-electron chi connectivity index (χ4n) is 3.71. The number of aryl methyl sites for hydroxylation is 3. The van der Waals surface area contributed by atoms with Crippen LogP contribution in [0.4, 0.5) is 0 Å². The van der Waals surface area contributed by atoms with Gasteiger partial charge in [0.1, 0.15) is 5.76 Å². The fourth-order valence-corrected chi connectivity index (χ4v) is 3.71. The van der Waals surface area contributed by atoms with Gasteiger partial charge >= 0.3 is 0 Å². The topological polar surface area (TPSA) is 74.7 Å². The SMILES string of the molecule is CCNC(=NCC1CCN(Cc2nc(C)c(C)o2)CC1)N(C)Cc1cnn(C)c1. The van der Waals surface area contributed by atoms with Crippen molar-refractivity contribution in [2.75, 3.05) is 33.2 Å². The predicted molar refractivity (Wildman–Crippen MR) is 115 cm³/mol. The van der Waals surface area contributed by atoms with Gasteiger partial charge in [-0.2, -0.15) is 5.10 Å². The fraction of sp³-hybridized carbons (Fsp3) is 0.667. The first-order valence-corrected chi connectivity index (χ1v) is 10.6. The molecule has 29 heavy (non-hydrogen) atoms. The number of hydrogen-bond acceptors (Lipinski definition) is 5. The Bertz CT molecular complexity index is 782. The molecule has 0 aliphatic carbocycles. The zero-order chi connectivity index (χ0) is 20.8. The lowest BCUT2D eigenvalue weighted by Gasteiger charge is -2.30. The maximum absolute atomic E-state index is 5.73. The van der Waals surface area contributed by atoms with Crippen molar-refractivity contribution in [2.24, 2.45) is 18.0 Å². The molecule has 3 rings (SSSR count). The summed E-state index contributed by atoms with van der Waals surface area (Å²) >= 11 is 0. The van der Waals surface area contributed by atoms with Gasteiger partial charge in [0, 0.05) is 45.5 Å². The first-order valence-electron chi connectivity index (χ1n) is 10.6. The van der Waals surface area contributed by atoms with Crippen molar-refractivity contribution in [3.05, 3.63) is 35.3 Å². The molecule has 0 atom stereocenters. The van der Waals surface area contributed by atoms with Crippen LogP contribution >= 0.6 is 0 Å². The van der Waals surface area contributed by atoms with E-state index in [9.17, 15) is 0 Å². The second-order valence-corrected chi connectivity index (χ2v) is 8.04. The molecular weight excluding hydrogens is 366 g/mol. The molecule has 1 aliphatic heterocycles. The van der Waals surface area contributed by atoms with E-state index in [1.54, 1.807) is 0 Å².